The summed E-state index contributed by atoms with van der Waals surface area (Å²) in [4.78, 5) is 13.3. The molecular formula is C27H24N4O6. The molecule has 10 nitrogen and oxygen atoms in total. The van der Waals surface area contributed by atoms with Crippen LogP contribution in [-0.2, 0) is 0 Å². The van der Waals surface area contributed by atoms with Gasteiger partial charge in [-0.3, -0.25) is 4.79 Å². The lowest BCUT2D eigenvalue weighted by molar-refractivity contribution is 0.0998. The summed E-state index contributed by atoms with van der Waals surface area (Å²) in [5, 5.41) is 12.2. The molecule has 2 heterocycles. The molecule has 5 aromatic rings. The Kier molecular flexibility index (Phi) is 6.38. The molecule has 0 unspecified atom stereocenters. The lowest BCUT2D eigenvalue weighted by Gasteiger charge is -2.13. The summed E-state index contributed by atoms with van der Waals surface area (Å²) in [5.74, 6) is 1.68. The summed E-state index contributed by atoms with van der Waals surface area (Å²) >= 11 is 0. The number of furan rings is 1. The second-order valence-electron chi connectivity index (χ2n) is 7.92. The van der Waals surface area contributed by atoms with Gasteiger partial charge < -0.3 is 28.7 Å². The Bertz CT molecular complexity index is 1550. The highest BCUT2D eigenvalue weighted by molar-refractivity contribution is 6.09. The van der Waals surface area contributed by atoms with Crippen LogP contribution in [0.1, 0.15) is 10.6 Å². The number of fused-ring (bicyclic) bond motifs is 1. The molecule has 37 heavy (non-hydrogen) atoms. The number of methoxy groups -OCH3 is 4. The number of hydrogen-bond donors (Lipinski definition) is 1. The van der Waals surface area contributed by atoms with Gasteiger partial charge in [-0.1, -0.05) is 23.4 Å². The number of carbonyl (C=O) groups excluding carboxylic acids is 1. The molecule has 188 valence electrons. The molecule has 1 amide bonds. The van der Waals surface area contributed by atoms with Crippen LogP contribution in [0.3, 0.4) is 0 Å². The number of para-hydroxylation sites is 1. The summed E-state index contributed by atoms with van der Waals surface area (Å²) in [6, 6.07) is 18.0. The van der Waals surface area contributed by atoms with Crippen molar-refractivity contribution in [1.29, 1.82) is 0 Å². The maximum Gasteiger partial charge on any atom is 0.293 e. The fraction of sp³-hybridized carbons (Fsp3) is 0.148. The minimum Gasteiger partial charge on any atom is -0.497 e. The van der Waals surface area contributed by atoms with Crippen LogP contribution >= 0.6 is 0 Å². The number of amides is 1. The fourth-order valence-corrected chi connectivity index (χ4v) is 4.02. The van der Waals surface area contributed by atoms with Gasteiger partial charge >= 0.3 is 0 Å². The van der Waals surface area contributed by atoms with Gasteiger partial charge in [-0.2, -0.15) is 0 Å². The van der Waals surface area contributed by atoms with E-state index >= 15 is 0 Å². The Labute approximate surface area is 212 Å². The van der Waals surface area contributed by atoms with Crippen molar-refractivity contribution in [3.63, 3.8) is 0 Å². The van der Waals surface area contributed by atoms with E-state index in [1.54, 1.807) is 63.9 Å². The average molecular weight is 501 g/mol. The molecule has 10 heteroatoms. The number of anilines is 1. The third kappa shape index (κ3) is 4.40. The van der Waals surface area contributed by atoms with Gasteiger partial charge in [0.25, 0.3) is 5.91 Å². The maximum atomic E-state index is 13.3. The van der Waals surface area contributed by atoms with Crippen LogP contribution in [0.5, 0.6) is 23.0 Å². The predicted octanol–water partition coefficient (Wildman–Crippen LogP) is 4.97. The number of aromatic nitrogens is 3. The molecule has 0 aliphatic rings. The van der Waals surface area contributed by atoms with Gasteiger partial charge in [0.15, 0.2) is 11.5 Å². The van der Waals surface area contributed by atoms with Gasteiger partial charge in [-0.25, -0.2) is 4.68 Å². The normalized spacial score (nSPS) is 10.8. The van der Waals surface area contributed by atoms with E-state index in [9.17, 15) is 4.79 Å². The quantitative estimate of drug-likeness (QED) is 0.318. The zero-order valence-electron chi connectivity index (χ0n) is 20.6. The zero-order chi connectivity index (χ0) is 25.9. The van der Waals surface area contributed by atoms with Crippen molar-refractivity contribution in [3.05, 3.63) is 72.6 Å². The van der Waals surface area contributed by atoms with Crippen LogP contribution in [-0.4, -0.2) is 49.3 Å². The summed E-state index contributed by atoms with van der Waals surface area (Å²) < 4.78 is 29.2. The molecule has 0 saturated carbocycles. The Hall–Kier alpha value is -4.99. The molecule has 0 aliphatic carbocycles. The molecular weight excluding hydrogens is 476 g/mol. The van der Waals surface area contributed by atoms with Gasteiger partial charge in [0.05, 0.1) is 34.6 Å². The first-order valence-corrected chi connectivity index (χ1v) is 11.3. The first-order chi connectivity index (χ1) is 18.1. The monoisotopic (exact) mass is 500 g/mol. The van der Waals surface area contributed by atoms with Gasteiger partial charge in [0.1, 0.15) is 22.7 Å². The first kappa shape index (κ1) is 23.7. The Morgan fingerprint density at radius 1 is 0.892 bits per heavy atom. The molecule has 0 bridgehead atoms. The number of rotatable bonds is 8. The molecule has 1 N–H and O–H groups in total. The van der Waals surface area contributed by atoms with Crippen LogP contribution in [0.15, 0.2) is 71.3 Å². The number of carbonyl (C=O) groups is 1. The molecule has 5 rings (SSSR count). The SMILES string of the molecule is COc1ccc2c(-n3cc(-c4cc(OC)c(OC)c(OC)c4)nn3)c(C(=O)Nc3ccccc3)oc2c1. The summed E-state index contributed by atoms with van der Waals surface area (Å²) in [6.45, 7) is 0. The molecule has 0 spiro atoms. The summed E-state index contributed by atoms with van der Waals surface area (Å²) in [6.07, 6.45) is 1.70. The number of nitrogens with zero attached hydrogens (tertiary/aromatic N) is 3. The van der Waals surface area contributed by atoms with Crippen LogP contribution in [0.2, 0.25) is 0 Å². The minimum absolute atomic E-state index is 0.0773. The van der Waals surface area contributed by atoms with Crippen molar-refractivity contribution in [1.82, 2.24) is 15.0 Å². The van der Waals surface area contributed by atoms with Crippen molar-refractivity contribution in [3.8, 4) is 39.9 Å². The lowest BCUT2D eigenvalue weighted by Crippen LogP contribution is -2.13. The smallest absolute Gasteiger partial charge is 0.293 e. The number of ether oxygens (including phenoxy) is 4. The first-order valence-electron chi connectivity index (χ1n) is 11.3. The number of benzene rings is 3. The third-order valence-corrected chi connectivity index (χ3v) is 5.79. The molecule has 0 fully saturated rings. The molecule has 0 radical (unpaired) electrons. The van der Waals surface area contributed by atoms with Crippen LogP contribution in [0, 0.1) is 0 Å². The van der Waals surface area contributed by atoms with E-state index in [1.807, 2.05) is 24.3 Å². The topological polar surface area (TPSA) is 110 Å². The van der Waals surface area contributed by atoms with E-state index in [0.29, 0.717) is 56.6 Å². The van der Waals surface area contributed by atoms with E-state index in [1.165, 1.54) is 11.8 Å². The van der Waals surface area contributed by atoms with Gasteiger partial charge in [-0.05, 0) is 36.4 Å². The van der Waals surface area contributed by atoms with Crippen LogP contribution in [0.4, 0.5) is 5.69 Å². The second-order valence-corrected chi connectivity index (χ2v) is 7.92. The number of nitrogens with one attached hydrogen (secondary N) is 1. The average Bonchev–Trinajstić information content (AvgIpc) is 3.57. The van der Waals surface area contributed by atoms with E-state index in [-0.39, 0.29) is 5.76 Å². The highest BCUT2D eigenvalue weighted by Gasteiger charge is 2.25. The van der Waals surface area contributed by atoms with Crippen molar-refractivity contribution in [2.45, 2.75) is 0 Å². The molecule has 3 aromatic carbocycles. The summed E-state index contributed by atoms with van der Waals surface area (Å²) in [7, 11) is 6.19. The zero-order valence-corrected chi connectivity index (χ0v) is 20.6. The highest BCUT2D eigenvalue weighted by Crippen LogP contribution is 2.41. The summed E-state index contributed by atoms with van der Waals surface area (Å²) in [5.41, 5.74) is 2.75. The van der Waals surface area contributed by atoms with Gasteiger partial charge in [0, 0.05) is 22.7 Å². The largest absolute Gasteiger partial charge is 0.497 e. The van der Waals surface area contributed by atoms with E-state index < -0.39 is 5.91 Å². The Morgan fingerprint density at radius 2 is 1.62 bits per heavy atom. The van der Waals surface area contributed by atoms with E-state index in [2.05, 4.69) is 15.6 Å². The Morgan fingerprint density at radius 3 is 2.27 bits per heavy atom. The van der Waals surface area contributed by atoms with Crippen molar-refractivity contribution >= 4 is 22.6 Å². The van der Waals surface area contributed by atoms with E-state index in [0.717, 1.165) is 0 Å². The Balaban J connectivity index is 1.62. The minimum atomic E-state index is -0.429. The molecule has 0 saturated heterocycles. The van der Waals surface area contributed by atoms with Crippen molar-refractivity contribution in [2.24, 2.45) is 0 Å². The van der Waals surface area contributed by atoms with E-state index in [4.69, 9.17) is 23.4 Å². The molecule has 0 aliphatic heterocycles. The van der Waals surface area contributed by atoms with Crippen molar-refractivity contribution in [2.75, 3.05) is 33.8 Å². The predicted molar refractivity (Wildman–Crippen MR) is 137 cm³/mol. The maximum absolute atomic E-state index is 13.3. The van der Waals surface area contributed by atoms with Crippen LogP contribution in [0.25, 0.3) is 27.9 Å². The van der Waals surface area contributed by atoms with Crippen LogP contribution < -0.4 is 24.3 Å². The third-order valence-electron chi connectivity index (χ3n) is 5.79. The second kappa shape index (κ2) is 9.94. The highest BCUT2D eigenvalue weighted by atomic mass is 16.5. The standard InChI is InChI=1S/C27H24N4O6/c1-33-18-10-11-19-21(14-18)37-26(27(32)28-17-8-6-5-7-9-17)24(19)31-15-20(29-30-31)16-12-22(34-2)25(36-4)23(13-16)35-3/h5-15H,1-4H3,(H,28,32). The van der Waals surface area contributed by atoms with Gasteiger partial charge in [-0.15, -0.1) is 5.10 Å². The lowest BCUT2D eigenvalue weighted by atomic mass is 10.1. The fourth-order valence-electron chi connectivity index (χ4n) is 4.02. The van der Waals surface area contributed by atoms with Gasteiger partial charge in [0.2, 0.25) is 11.5 Å². The number of hydrogen-bond acceptors (Lipinski definition) is 8. The molecule has 2 aromatic heterocycles. The molecule has 0 atom stereocenters. The van der Waals surface area contributed by atoms with Crippen molar-refractivity contribution < 1.29 is 28.2 Å².